The van der Waals surface area contributed by atoms with Gasteiger partial charge in [-0.25, -0.2) is 0 Å². The maximum atomic E-state index is 2.44. The molecule has 0 nitrogen and oxygen atoms in total. The Bertz CT molecular complexity index is 435. The number of hydrogen-bond acceptors (Lipinski definition) is 0. The van der Waals surface area contributed by atoms with Crippen molar-refractivity contribution in [2.24, 2.45) is 11.3 Å². The molecule has 0 aliphatic heterocycles. The van der Waals surface area contributed by atoms with E-state index in [-0.39, 0.29) is 0 Å². The van der Waals surface area contributed by atoms with Crippen molar-refractivity contribution in [2.75, 3.05) is 0 Å². The molecule has 2 saturated carbocycles. The van der Waals surface area contributed by atoms with Crippen LogP contribution in [-0.2, 0) is 0 Å². The lowest BCUT2D eigenvalue weighted by Gasteiger charge is -2.34. The first kappa shape index (κ1) is 15.1. The Hall–Kier alpha value is -0.780. The first-order valence-electron chi connectivity index (χ1n) is 9.13. The Morgan fingerprint density at radius 2 is 1.14 bits per heavy atom. The zero-order chi connectivity index (χ0) is 14.9. The van der Waals surface area contributed by atoms with Crippen molar-refractivity contribution >= 4 is 0 Å². The Kier molecular flexibility index (Phi) is 4.43. The maximum absolute atomic E-state index is 2.44. The normalized spacial score (nSPS) is 30.2. The van der Waals surface area contributed by atoms with Gasteiger partial charge in [0.05, 0.1) is 0 Å². The highest BCUT2D eigenvalue weighted by atomic mass is 14.3. The zero-order valence-corrected chi connectivity index (χ0v) is 14.2. The lowest BCUT2D eigenvalue weighted by Crippen LogP contribution is -2.20. The third-order valence-corrected chi connectivity index (χ3v) is 6.23. The Morgan fingerprint density at radius 1 is 0.714 bits per heavy atom. The van der Waals surface area contributed by atoms with Crippen LogP contribution >= 0.6 is 0 Å². The minimum Gasteiger partial charge on any atom is -0.0625 e. The van der Waals surface area contributed by atoms with Crippen molar-refractivity contribution in [3.63, 3.8) is 0 Å². The summed E-state index contributed by atoms with van der Waals surface area (Å²) in [5.74, 6) is 2.60. The van der Waals surface area contributed by atoms with Crippen LogP contribution in [-0.4, -0.2) is 0 Å². The molecule has 0 saturated heterocycles. The van der Waals surface area contributed by atoms with E-state index in [0.29, 0.717) is 5.41 Å². The molecule has 0 atom stereocenters. The minimum absolute atomic E-state index is 0.579. The maximum Gasteiger partial charge on any atom is -0.0162 e. The largest absolute Gasteiger partial charge is 0.0625 e. The highest BCUT2D eigenvalue weighted by Crippen LogP contribution is 2.43. The monoisotopic (exact) mass is 284 g/mol. The lowest BCUT2D eigenvalue weighted by molar-refractivity contribution is 0.224. The van der Waals surface area contributed by atoms with Crippen LogP contribution in [0.25, 0.3) is 0 Å². The van der Waals surface area contributed by atoms with Gasteiger partial charge in [-0.3, -0.25) is 0 Å². The summed E-state index contributed by atoms with van der Waals surface area (Å²) in [4.78, 5) is 0. The van der Waals surface area contributed by atoms with Crippen LogP contribution in [0.2, 0.25) is 0 Å². The summed E-state index contributed by atoms with van der Waals surface area (Å²) in [5.41, 5.74) is 3.77. The third-order valence-electron chi connectivity index (χ3n) is 6.23. The summed E-state index contributed by atoms with van der Waals surface area (Å²) in [5, 5.41) is 0. The molecule has 1 aromatic carbocycles. The fourth-order valence-corrected chi connectivity index (χ4v) is 4.37. The Labute approximate surface area is 131 Å². The number of rotatable bonds is 2. The van der Waals surface area contributed by atoms with Crippen LogP contribution in [0.15, 0.2) is 24.3 Å². The van der Waals surface area contributed by atoms with Crippen LogP contribution in [0.5, 0.6) is 0 Å². The molecule has 2 aliphatic rings. The molecule has 116 valence electrons. The average Bonchev–Trinajstić information content (AvgIpc) is 2.48. The fourth-order valence-electron chi connectivity index (χ4n) is 4.37. The second kappa shape index (κ2) is 6.15. The molecule has 0 spiro atoms. The van der Waals surface area contributed by atoms with E-state index in [1.165, 1.54) is 51.4 Å². The second-order valence-corrected chi connectivity index (χ2v) is 8.56. The molecule has 2 fully saturated rings. The number of benzene rings is 1. The van der Waals surface area contributed by atoms with E-state index in [1.54, 1.807) is 11.1 Å². The summed E-state index contributed by atoms with van der Waals surface area (Å²) < 4.78 is 0. The summed E-state index contributed by atoms with van der Waals surface area (Å²) in [6.45, 7) is 7.26. The van der Waals surface area contributed by atoms with Gasteiger partial charge in [-0.15, -0.1) is 0 Å². The highest BCUT2D eigenvalue weighted by molar-refractivity contribution is 5.28. The molecule has 0 heteroatoms. The molecular formula is C21H32. The predicted molar refractivity (Wildman–Crippen MR) is 91.8 cm³/mol. The molecule has 0 amide bonds. The van der Waals surface area contributed by atoms with Crippen LogP contribution < -0.4 is 0 Å². The molecule has 0 aromatic heterocycles. The molecule has 0 radical (unpaired) electrons. The van der Waals surface area contributed by atoms with E-state index < -0.39 is 0 Å². The van der Waals surface area contributed by atoms with E-state index in [9.17, 15) is 0 Å². The smallest absolute Gasteiger partial charge is 0.0162 e. The molecule has 2 aliphatic carbocycles. The van der Waals surface area contributed by atoms with Gasteiger partial charge in [0.2, 0.25) is 0 Å². The molecule has 1 aromatic rings. The van der Waals surface area contributed by atoms with E-state index in [0.717, 1.165) is 17.8 Å². The third kappa shape index (κ3) is 3.71. The van der Waals surface area contributed by atoms with Gasteiger partial charge >= 0.3 is 0 Å². The molecule has 0 heterocycles. The summed E-state index contributed by atoms with van der Waals surface area (Å²) >= 11 is 0. The Morgan fingerprint density at radius 3 is 1.62 bits per heavy atom. The molecule has 0 N–H and O–H groups in total. The van der Waals surface area contributed by atoms with Gasteiger partial charge in [0.15, 0.2) is 0 Å². The van der Waals surface area contributed by atoms with E-state index in [1.807, 2.05) is 0 Å². The van der Waals surface area contributed by atoms with Crippen LogP contribution in [0.3, 0.4) is 0 Å². The summed E-state index contributed by atoms with van der Waals surface area (Å²) in [6, 6.07) is 9.76. The van der Waals surface area contributed by atoms with Crippen LogP contribution in [0.4, 0.5) is 0 Å². The van der Waals surface area contributed by atoms with Gasteiger partial charge in [-0.05, 0) is 72.8 Å². The first-order valence-corrected chi connectivity index (χ1v) is 9.13. The van der Waals surface area contributed by atoms with Crippen molar-refractivity contribution in [1.82, 2.24) is 0 Å². The van der Waals surface area contributed by atoms with Crippen molar-refractivity contribution in [2.45, 2.75) is 84.0 Å². The van der Waals surface area contributed by atoms with Gasteiger partial charge < -0.3 is 0 Å². The SMILES string of the molecule is CC1CCC(c2ccc(C3CCC(C)(C)CC3)cc2)CC1. The molecule has 0 unspecified atom stereocenters. The van der Waals surface area contributed by atoms with Gasteiger partial charge in [0.25, 0.3) is 0 Å². The van der Waals surface area contributed by atoms with Gasteiger partial charge in [-0.2, -0.15) is 0 Å². The predicted octanol–water partition coefficient (Wildman–Crippen LogP) is 6.66. The zero-order valence-electron chi connectivity index (χ0n) is 14.2. The standard InChI is InChI=1S/C21H32/c1-16-4-6-17(7-5-16)18-8-10-19(11-9-18)20-12-14-21(2,3)15-13-20/h8-11,16-17,20H,4-7,12-15H2,1-3H3. The van der Waals surface area contributed by atoms with Gasteiger partial charge in [-0.1, -0.05) is 57.9 Å². The Balaban J connectivity index is 1.62. The lowest BCUT2D eigenvalue weighted by atomic mass is 9.71. The highest BCUT2D eigenvalue weighted by Gasteiger charge is 2.27. The molecule has 21 heavy (non-hydrogen) atoms. The second-order valence-electron chi connectivity index (χ2n) is 8.56. The van der Waals surface area contributed by atoms with Crippen molar-refractivity contribution in [3.8, 4) is 0 Å². The minimum atomic E-state index is 0.579. The van der Waals surface area contributed by atoms with Crippen molar-refractivity contribution < 1.29 is 0 Å². The van der Waals surface area contributed by atoms with Crippen molar-refractivity contribution in [1.29, 1.82) is 0 Å². The molecular weight excluding hydrogens is 252 g/mol. The van der Waals surface area contributed by atoms with Crippen molar-refractivity contribution in [3.05, 3.63) is 35.4 Å². The van der Waals surface area contributed by atoms with Crippen LogP contribution in [0.1, 0.15) is 95.1 Å². The quantitative estimate of drug-likeness (QED) is 0.569. The average molecular weight is 284 g/mol. The van der Waals surface area contributed by atoms with Crippen LogP contribution in [0, 0.1) is 11.3 Å². The fraction of sp³-hybridized carbons (Fsp3) is 0.714. The summed E-state index contributed by atoms with van der Waals surface area (Å²) in [7, 11) is 0. The molecule has 0 bridgehead atoms. The van der Waals surface area contributed by atoms with E-state index in [2.05, 4.69) is 45.0 Å². The van der Waals surface area contributed by atoms with Gasteiger partial charge in [0, 0.05) is 0 Å². The summed E-state index contributed by atoms with van der Waals surface area (Å²) in [6.07, 6.45) is 11.2. The number of hydrogen-bond donors (Lipinski definition) is 0. The van der Waals surface area contributed by atoms with E-state index >= 15 is 0 Å². The topological polar surface area (TPSA) is 0 Å². The van der Waals surface area contributed by atoms with Gasteiger partial charge in [0.1, 0.15) is 0 Å². The van der Waals surface area contributed by atoms with E-state index in [4.69, 9.17) is 0 Å². The first-order chi connectivity index (χ1) is 10.0. The molecule has 3 rings (SSSR count).